The van der Waals surface area contributed by atoms with E-state index < -0.39 is 0 Å². The molecule has 0 spiro atoms. The van der Waals surface area contributed by atoms with E-state index in [1.165, 1.54) is 16.7 Å². The van der Waals surface area contributed by atoms with Crippen molar-refractivity contribution in [2.45, 2.75) is 44.8 Å². The quantitative estimate of drug-likeness (QED) is 0.593. The van der Waals surface area contributed by atoms with E-state index in [-0.39, 0.29) is 6.10 Å². The zero-order chi connectivity index (χ0) is 20.5. The lowest BCUT2D eigenvalue weighted by molar-refractivity contribution is 0.102. The summed E-state index contributed by atoms with van der Waals surface area (Å²) in [6, 6.07) is 16.8. The standard InChI is InChI=1S/C24H27ClN4O/c1-17-15-28(12-11-19-9-10-20(25)14-21(17)19)24-27-26-23(22-8-5-13-30-22)29(24)16-18-6-3-2-4-7-18/h2-4,6-7,9-10,14,17,22H,5,8,11-13,15-16H2,1H3/t17-,22+/m0/s1. The van der Waals surface area contributed by atoms with Gasteiger partial charge in [-0.05, 0) is 54.0 Å². The molecule has 1 fully saturated rings. The fraction of sp³-hybridized carbons (Fsp3) is 0.417. The molecule has 5 nitrogen and oxygen atoms in total. The summed E-state index contributed by atoms with van der Waals surface area (Å²) in [6.07, 6.45) is 3.10. The molecule has 5 rings (SSSR count). The smallest absolute Gasteiger partial charge is 0.227 e. The summed E-state index contributed by atoms with van der Waals surface area (Å²) in [5, 5.41) is 10.1. The Balaban J connectivity index is 1.49. The number of hydrogen-bond acceptors (Lipinski definition) is 4. The molecule has 0 radical (unpaired) electrons. The maximum absolute atomic E-state index is 6.29. The number of halogens is 1. The molecule has 2 aromatic carbocycles. The lowest BCUT2D eigenvalue weighted by atomic mass is 9.95. The van der Waals surface area contributed by atoms with E-state index in [1.807, 2.05) is 6.07 Å². The molecular weight excluding hydrogens is 396 g/mol. The lowest BCUT2D eigenvalue weighted by Gasteiger charge is -2.25. The maximum atomic E-state index is 6.29. The van der Waals surface area contributed by atoms with Crippen molar-refractivity contribution < 1.29 is 4.74 Å². The molecule has 2 aliphatic rings. The van der Waals surface area contributed by atoms with Crippen molar-refractivity contribution >= 4 is 17.5 Å². The van der Waals surface area contributed by atoms with Crippen LogP contribution < -0.4 is 4.90 Å². The number of anilines is 1. The number of aromatic nitrogens is 3. The molecule has 2 aliphatic heterocycles. The second-order valence-corrected chi connectivity index (χ2v) is 8.81. The van der Waals surface area contributed by atoms with Gasteiger partial charge >= 0.3 is 0 Å². The van der Waals surface area contributed by atoms with Crippen molar-refractivity contribution in [3.8, 4) is 0 Å². The normalized spacial score (nSPS) is 21.5. The minimum absolute atomic E-state index is 0.0374. The number of fused-ring (bicyclic) bond motifs is 1. The molecule has 6 heteroatoms. The van der Waals surface area contributed by atoms with E-state index in [1.54, 1.807) is 0 Å². The van der Waals surface area contributed by atoms with Gasteiger partial charge in [-0.3, -0.25) is 4.57 Å². The Labute approximate surface area is 182 Å². The molecule has 156 valence electrons. The summed E-state index contributed by atoms with van der Waals surface area (Å²) >= 11 is 6.29. The van der Waals surface area contributed by atoms with Crippen molar-refractivity contribution in [1.29, 1.82) is 0 Å². The fourth-order valence-corrected chi connectivity index (χ4v) is 4.87. The van der Waals surface area contributed by atoms with Crippen molar-refractivity contribution in [3.05, 3.63) is 76.1 Å². The van der Waals surface area contributed by atoms with Crippen LogP contribution in [-0.4, -0.2) is 34.5 Å². The Morgan fingerprint density at radius 1 is 1.13 bits per heavy atom. The molecule has 0 bridgehead atoms. The second-order valence-electron chi connectivity index (χ2n) is 8.37. The summed E-state index contributed by atoms with van der Waals surface area (Å²) in [5.74, 6) is 2.26. The van der Waals surface area contributed by atoms with Crippen molar-refractivity contribution in [3.63, 3.8) is 0 Å². The van der Waals surface area contributed by atoms with Gasteiger partial charge in [0.1, 0.15) is 6.10 Å². The minimum atomic E-state index is 0.0374. The molecule has 30 heavy (non-hydrogen) atoms. The molecule has 3 aromatic rings. The Kier molecular flexibility index (Phi) is 5.48. The molecule has 0 unspecified atom stereocenters. The number of ether oxygens (including phenoxy) is 1. The van der Waals surface area contributed by atoms with E-state index in [4.69, 9.17) is 16.3 Å². The highest BCUT2D eigenvalue weighted by molar-refractivity contribution is 6.30. The van der Waals surface area contributed by atoms with Crippen molar-refractivity contribution in [2.75, 3.05) is 24.6 Å². The highest BCUT2D eigenvalue weighted by atomic mass is 35.5. The van der Waals surface area contributed by atoms with Crippen LogP contribution in [0.3, 0.4) is 0 Å². The third kappa shape index (κ3) is 3.84. The van der Waals surface area contributed by atoms with E-state index >= 15 is 0 Å². The first kappa shape index (κ1) is 19.6. The van der Waals surface area contributed by atoms with Crippen LogP contribution in [0.15, 0.2) is 48.5 Å². The van der Waals surface area contributed by atoms with E-state index in [0.29, 0.717) is 5.92 Å². The van der Waals surface area contributed by atoms with Crippen LogP contribution in [0.1, 0.15) is 54.3 Å². The van der Waals surface area contributed by atoms with Gasteiger partial charge in [-0.15, -0.1) is 10.2 Å². The summed E-state index contributed by atoms with van der Waals surface area (Å²) < 4.78 is 8.24. The molecule has 1 aromatic heterocycles. The molecule has 1 saturated heterocycles. The first-order valence-corrected chi connectivity index (χ1v) is 11.2. The van der Waals surface area contributed by atoms with Crippen LogP contribution in [0.25, 0.3) is 0 Å². The van der Waals surface area contributed by atoms with Gasteiger partial charge in [0.25, 0.3) is 0 Å². The molecule has 3 heterocycles. The Bertz CT molecular complexity index is 1010. The molecule has 0 amide bonds. The Morgan fingerprint density at radius 3 is 2.80 bits per heavy atom. The van der Waals surface area contributed by atoms with Gasteiger partial charge in [0, 0.05) is 24.7 Å². The van der Waals surface area contributed by atoms with Crippen LogP contribution >= 0.6 is 11.6 Å². The number of rotatable bonds is 4. The average molecular weight is 423 g/mol. The minimum Gasteiger partial charge on any atom is -0.370 e. The Morgan fingerprint density at radius 2 is 2.00 bits per heavy atom. The van der Waals surface area contributed by atoms with Gasteiger partial charge in [0.15, 0.2) is 5.82 Å². The van der Waals surface area contributed by atoms with E-state index in [9.17, 15) is 0 Å². The van der Waals surface area contributed by atoms with Gasteiger partial charge in [0.2, 0.25) is 5.95 Å². The monoisotopic (exact) mass is 422 g/mol. The van der Waals surface area contributed by atoms with E-state index in [2.05, 4.69) is 69.1 Å². The molecule has 2 atom stereocenters. The molecule has 0 aliphatic carbocycles. The highest BCUT2D eigenvalue weighted by Crippen LogP contribution is 2.33. The summed E-state index contributed by atoms with van der Waals surface area (Å²) in [7, 11) is 0. The number of nitrogens with zero attached hydrogens (tertiary/aromatic N) is 4. The van der Waals surface area contributed by atoms with Gasteiger partial charge < -0.3 is 9.64 Å². The molecular formula is C24H27ClN4O. The first-order valence-electron chi connectivity index (χ1n) is 10.8. The van der Waals surface area contributed by atoms with Crippen LogP contribution in [0.4, 0.5) is 5.95 Å². The van der Waals surface area contributed by atoms with Crippen molar-refractivity contribution in [2.24, 2.45) is 0 Å². The van der Waals surface area contributed by atoms with Crippen LogP contribution in [-0.2, 0) is 17.7 Å². The van der Waals surface area contributed by atoms with Crippen molar-refractivity contribution in [1.82, 2.24) is 14.8 Å². The third-order valence-electron chi connectivity index (χ3n) is 6.23. The van der Waals surface area contributed by atoms with Gasteiger partial charge in [-0.25, -0.2) is 0 Å². The van der Waals surface area contributed by atoms with Gasteiger partial charge in [0.05, 0.1) is 6.54 Å². The third-order valence-corrected chi connectivity index (χ3v) is 6.46. The highest BCUT2D eigenvalue weighted by Gasteiger charge is 2.29. The van der Waals surface area contributed by atoms with Crippen LogP contribution in [0, 0.1) is 0 Å². The summed E-state index contributed by atoms with van der Waals surface area (Å²) in [5.41, 5.74) is 3.97. The fourth-order valence-electron chi connectivity index (χ4n) is 4.69. The largest absolute Gasteiger partial charge is 0.370 e. The Hall–Kier alpha value is -2.37. The molecule has 0 N–H and O–H groups in total. The zero-order valence-corrected chi connectivity index (χ0v) is 18.1. The topological polar surface area (TPSA) is 43.2 Å². The maximum Gasteiger partial charge on any atom is 0.227 e. The number of benzene rings is 2. The zero-order valence-electron chi connectivity index (χ0n) is 17.3. The van der Waals surface area contributed by atoms with Crippen LogP contribution in [0.2, 0.25) is 5.02 Å². The SMILES string of the molecule is C[C@H]1CN(c2nnc([C@H]3CCCO3)n2Cc2ccccc2)CCc2ccc(Cl)cc21. The lowest BCUT2D eigenvalue weighted by Crippen LogP contribution is -2.31. The van der Waals surface area contributed by atoms with Crippen LogP contribution in [0.5, 0.6) is 0 Å². The van der Waals surface area contributed by atoms with Gasteiger partial charge in [-0.2, -0.15) is 0 Å². The van der Waals surface area contributed by atoms with E-state index in [0.717, 1.165) is 62.3 Å². The average Bonchev–Trinajstić information content (AvgIpc) is 3.39. The number of hydrogen-bond donors (Lipinski definition) is 0. The first-order chi connectivity index (χ1) is 14.7. The summed E-state index contributed by atoms with van der Waals surface area (Å²) in [6.45, 7) is 5.63. The molecule has 0 saturated carbocycles. The van der Waals surface area contributed by atoms with Gasteiger partial charge in [-0.1, -0.05) is 54.9 Å². The summed E-state index contributed by atoms with van der Waals surface area (Å²) in [4.78, 5) is 2.38. The predicted octanol–water partition coefficient (Wildman–Crippen LogP) is 5.00. The predicted molar refractivity (Wildman–Crippen MR) is 119 cm³/mol. The second kappa shape index (κ2) is 8.40.